The van der Waals surface area contributed by atoms with E-state index >= 15 is 0 Å². The van der Waals surface area contributed by atoms with Crippen LogP contribution in [0.4, 0.5) is 0 Å². The SMILES string of the molecule is CC(O)(CNCc1csc(-c2ccccn2)n1)c1ccsc1. The molecule has 6 heteroatoms. The van der Waals surface area contributed by atoms with E-state index in [1.807, 2.05) is 47.3 Å². The number of thiophene rings is 1. The molecule has 0 aliphatic carbocycles. The van der Waals surface area contributed by atoms with Crippen LogP contribution in [0.25, 0.3) is 10.7 Å². The second-order valence-corrected chi connectivity index (χ2v) is 6.89. The van der Waals surface area contributed by atoms with E-state index in [1.165, 1.54) is 0 Å². The van der Waals surface area contributed by atoms with Crippen molar-refractivity contribution in [1.82, 2.24) is 15.3 Å². The molecule has 0 aliphatic heterocycles. The third-order valence-electron chi connectivity index (χ3n) is 3.35. The summed E-state index contributed by atoms with van der Waals surface area (Å²) in [7, 11) is 0. The van der Waals surface area contributed by atoms with E-state index in [4.69, 9.17) is 0 Å². The van der Waals surface area contributed by atoms with Gasteiger partial charge in [-0.2, -0.15) is 11.3 Å². The van der Waals surface area contributed by atoms with Crippen molar-refractivity contribution in [3.8, 4) is 10.7 Å². The quantitative estimate of drug-likeness (QED) is 0.728. The van der Waals surface area contributed by atoms with Crippen LogP contribution in [-0.4, -0.2) is 21.6 Å². The molecule has 3 aromatic rings. The predicted octanol–water partition coefficient (Wildman–Crippen LogP) is 3.26. The summed E-state index contributed by atoms with van der Waals surface area (Å²) >= 11 is 3.18. The summed E-state index contributed by atoms with van der Waals surface area (Å²) in [4.78, 5) is 8.88. The molecule has 0 radical (unpaired) electrons. The molecule has 0 aliphatic rings. The molecule has 0 fully saturated rings. The smallest absolute Gasteiger partial charge is 0.142 e. The molecule has 114 valence electrons. The van der Waals surface area contributed by atoms with Gasteiger partial charge >= 0.3 is 0 Å². The van der Waals surface area contributed by atoms with Gasteiger partial charge in [0.1, 0.15) is 5.01 Å². The minimum atomic E-state index is -0.861. The van der Waals surface area contributed by atoms with Crippen molar-refractivity contribution in [3.05, 3.63) is 57.9 Å². The summed E-state index contributed by atoms with van der Waals surface area (Å²) in [5.41, 5.74) is 1.94. The Kier molecular flexibility index (Phi) is 4.63. The van der Waals surface area contributed by atoms with Crippen LogP contribution in [0.5, 0.6) is 0 Å². The first-order chi connectivity index (χ1) is 10.6. The lowest BCUT2D eigenvalue weighted by Gasteiger charge is -2.22. The van der Waals surface area contributed by atoms with Gasteiger partial charge in [0.2, 0.25) is 0 Å². The zero-order valence-electron chi connectivity index (χ0n) is 12.2. The molecule has 22 heavy (non-hydrogen) atoms. The van der Waals surface area contributed by atoms with E-state index in [9.17, 15) is 5.11 Å². The highest BCUT2D eigenvalue weighted by Crippen LogP contribution is 2.23. The number of nitrogens with zero attached hydrogens (tertiary/aromatic N) is 2. The summed E-state index contributed by atoms with van der Waals surface area (Å²) < 4.78 is 0. The van der Waals surface area contributed by atoms with Crippen molar-refractivity contribution in [2.24, 2.45) is 0 Å². The molecule has 0 aromatic carbocycles. The monoisotopic (exact) mass is 331 g/mol. The highest BCUT2D eigenvalue weighted by atomic mass is 32.1. The first-order valence-corrected chi connectivity index (χ1v) is 8.79. The fraction of sp³-hybridized carbons (Fsp3) is 0.250. The van der Waals surface area contributed by atoms with Crippen LogP contribution in [0.15, 0.2) is 46.6 Å². The van der Waals surface area contributed by atoms with E-state index in [0.717, 1.165) is 22.0 Å². The van der Waals surface area contributed by atoms with Crippen LogP contribution in [-0.2, 0) is 12.1 Å². The molecule has 0 amide bonds. The lowest BCUT2D eigenvalue weighted by Crippen LogP contribution is -2.34. The number of aromatic nitrogens is 2. The molecule has 1 atom stereocenters. The number of pyridine rings is 1. The highest BCUT2D eigenvalue weighted by Gasteiger charge is 2.22. The van der Waals surface area contributed by atoms with Gasteiger partial charge < -0.3 is 10.4 Å². The number of hydrogen-bond acceptors (Lipinski definition) is 6. The Morgan fingerprint density at radius 1 is 1.27 bits per heavy atom. The molecule has 0 spiro atoms. The number of nitrogens with one attached hydrogen (secondary N) is 1. The third-order valence-corrected chi connectivity index (χ3v) is 4.95. The summed E-state index contributed by atoms with van der Waals surface area (Å²) in [6.07, 6.45) is 1.77. The summed E-state index contributed by atoms with van der Waals surface area (Å²) in [5, 5.41) is 20.6. The summed E-state index contributed by atoms with van der Waals surface area (Å²) in [6, 6.07) is 7.76. The van der Waals surface area contributed by atoms with Gasteiger partial charge in [-0.3, -0.25) is 4.98 Å². The van der Waals surface area contributed by atoms with E-state index in [2.05, 4.69) is 15.3 Å². The summed E-state index contributed by atoms with van der Waals surface area (Å²) in [6.45, 7) is 2.94. The molecule has 0 saturated heterocycles. The maximum Gasteiger partial charge on any atom is 0.142 e. The van der Waals surface area contributed by atoms with Crippen LogP contribution < -0.4 is 5.32 Å². The van der Waals surface area contributed by atoms with Gasteiger partial charge in [-0.15, -0.1) is 11.3 Å². The van der Waals surface area contributed by atoms with E-state index in [1.54, 1.807) is 28.9 Å². The van der Waals surface area contributed by atoms with Crippen LogP contribution in [0, 0.1) is 0 Å². The fourth-order valence-electron chi connectivity index (χ4n) is 2.10. The third kappa shape index (κ3) is 3.59. The summed E-state index contributed by atoms with van der Waals surface area (Å²) in [5.74, 6) is 0. The van der Waals surface area contributed by atoms with Crippen LogP contribution in [0.2, 0.25) is 0 Å². The Hall–Kier alpha value is -1.60. The van der Waals surface area contributed by atoms with Crippen molar-refractivity contribution in [3.63, 3.8) is 0 Å². The predicted molar refractivity (Wildman–Crippen MR) is 90.9 cm³/mol. The average Bonchev–Trinajstić information content (AvgIpc) is 3.20. The molecular weight excluding hydrogens is 314 g/mol. The van der Waals surface area contributed by atoms with Crippen LogP contribution in [0.3, 0.4) is 0 Å². The second kappa shape index (κ2) is 6.66. The van der Waals surface area contributed by atoms with E-state index in [0.29, 0.717) is 13.1 Å². The van der Waals surface area contributed by atoms with Gasteiger partial charge in [0.15, 0.2) is 0 Å². The maximum absolute atomic E-state index is 10.5. The largest absolute Gasteiger partial charge is 0.384 e. The highest BCUT2D eigenvalue weighted by molar-refractivity contribution is 7.13. The Labute approximate surface area is 137 Å². The van der Waals surface area contributed by atoms with Gasteiger partial charge in [-0.25, -0.2) is 4.98 Å². The number of rotatable bonds is 6. The maximum atomic E-state index is 10.5. The second-order valence-electron chi connectivity index (χ2n) is 5.25. The van der Waals surface area contributed by atoms with Crippen molar-refractivity contribution in [2.45, 2.75) is 19.1 Å². The van der Waals surface area contributed by atoms with Gasteiger partial charge in [-0.1, -0.05) is 6.07 Å². The van der Waals surface area contributed by atoms with Gasteiger partial charge in [0, 0.05) is 24.7 Å². The normalized spacial score (nSPS) is 13.9. The first kappa shape index (κ1) is 15.3. The zero-order chi connectivity index (χ0) is 15.4. The Balaban J connectivity index is 1.58. The molecule has 4 nitrogen and oxygen atoms in total. The van der Waals surface area contributed by atoms with Crippen LogP contribution >= 0.6 is 22.7 Å². The van der Waals surface area contributed by atoms with E-state index < -0.39 is 5.60 Å². The molecule has 0 saturated carbocycles. The van der Waals surface area contributed by atoms with Gasteiger partial charge in [0.05, 0.1) is 17.0 Å². The molecule has 3 heterocycles. The molecule has 2 N–H and O–H groups in total. The molecule has 3 rings (SSSR count). The molecule has 3 aromatic heterocycles. The Bertz CT molecular complexity index is 708. The topological polar surface area (TPSA) is 58.0 Å². The number of aliphatic hydroxyl groups is 1. The standard InChI is InChI=1S/C16H17N3OS2/c1-16(20,12-5-7-21-9-12)11-17-8-13-10-22-15(19-13)14-4-2-3-6-18-14/h2-7,9-10,17,20H,8,11H2,1H3. The number of thiazole rings is 1. The minimum absolute atomic E-state index is 0.486. The average molecular weight is 331 g/mol. The van der Waals surface area contributed by atoms with Crippen molar-refractivity contribution in [1.29, 1.82) is 0 Å². The van der Waals surface area contributed by atoms with E-state index in [-0.39, 0.29) is 0 Å². The molecule has 0 bridgehead atoms. The first-order valence-electron chi connectivity index (χ1n) is 6.97. The van der Waals surface area contributed by atoms with Crippen molar-refractivity contribution >= 4 is 22.7 Å². The van der Waals surface area contributed by atoms with Crippen LogP contribution in [0.1, 0.15) is 18.2 Å². The van der Waals surface area contributed by atoms with Gasteiger partial charge in [0.25, 0.3) is 0 Å². The van der Waals surface area contributed by atoms with Gasteiger partial charge in [-0.05, 0) is 41.4 Å². The fourth-order valence-corrected chi connectivity index (χ4v) is 3.68. The number of hydrogen-bond donors (Lipinski definition) is 2. The molecule has 1 unspecified atom stereocenters. The Morgan fingerprint density at radius 2 is 2.18 bits per heavy atom. The van der Waals surface area contributed by atoms with Crippen molar-refractivity contribution < 1.29 is 5.11 Å². The minimum Gasteiger partial charge on any atom is -0.384 e. The zero-order valence-corrected chi connectivity index (χ0v) is 13.8. The lowest BCUT2D eigenvalue weighted by atomic mass is 9.99. The molecular formula is C16H17N3OS2. The Morgan fingerprint density at radius 3 is 2.91 bits per heavy atom. The van der Waals surface area contributed by atoms with Crippen molar-refractivity contribution in [2.75, 3.05) is 6.54 Å². The lowest BCUT2D eigenvalue weighted by molar-refractivity contribution is 0.0570.